The van der Waals surface area contributed by atoms with Gasteiger partial charge in [0.25, 0.3) is 0 Å². The third-order valence-electron chi connectivity index (χ3n) is 14.8. The minimum absolute atomic E-state index is 0.0102. The van der Waals surface area contributed by atoms with Gasteiger partial charge >= 0.3 is 30.4 Å². The molecule has 13 rings (SSSR count). The molecule has 0 bridgehead atoms. The number of aromatic nitrogens is 3. The molecule has 0 atom stereocenters. The van der Waals surface area contributed by atoms with Gasteiger partial charge in [0.1, 0.15) is 37.8 Å². The molecular formula is C62H64FN9O13S6. The van der Waals surface area contributed by atoms with Crippen LogP contribution in [0.4, 0.5) is 31.2 Å². The third-order valence-corrected chi connectivity index (χ3v) is 21.4. The molecule has 478 valence electrons. The largest absolute Gasteiger partial charge is 0.389 e. The van der Waals surface area contributed by atoms with E-state index in [2.05, 4.69) is 46.9 Å². The second-order valence-electron chi connectivity index (χ2n) is 22.9. The zero-order valence-electron chi connectivity index (χ0n) is 49.1. The average molecular weight is 1350 g/mol. The van der Waals surface area contributed by atoms with Gasteiger partial charge in [-0.25, -0.2) is 19.3 Å². The molecule has 7 N–H and O–H groups in total. The van der Waals surface area contributed by atoms with Gasteiger partial charge in [-0.1, -0.05) is 46.9 Å². The van der Waals surface area contributed by atoms with E-state index >= 15 is 0 Å². The smallest absolute Gasteiger partial charge is 0.339 e. The Bertz CT molecular complexity index is 4470. The molecular weight excluding hydrogens is 1290 g/mol. The van der Waals surface area contributed by atoms with Crippen molar-refractivity contribution in [3.8, 4) is 17.2 Å². The van der Waals surface area contributed by atoms with Gasteiger partial charge in [0.2, 0.25) is 17.7 Å². The molecule has 22 nitrogen and oxygen atoms in total. The van der Waals surface area contributed by atoms with Crippen LogP contribution < -0.4 is 44.4 Å². The predicted octanol–water partition coefficient (Wildman–Crippen LogP) is 11.5. The van der Waals surface area contributed by atoms with Gasteiger partial charge in [-0.2, -0.15) is 25.3 Å². The molecule has 4 aliphatic rings. The van der Waals surface area contributed by atoms with Crippen molar-refractivity contribution in [3.05, 3.63) is 133 Å². The molecule has 3 aliphatic carbocycles. The van der Waals surface area contributed by atoms with Crippen LogP contribution in [0.1, 0.15) is 78.1 Å². The molecule has 3 saturated carbocycles. The molecule has 4 fully saturated rings. The van der Waals surface area contributed by atoms with Crippen molar-refractivity contribution in [2.75, 3.05) is 46.2 Å². The van der Waals surface area contributed by atoms with Crippen LogP contribution in [-0.2, 0) is 44.7 Å². The highest BCUT2D eigenvalue weighted by molar-refractivity contribution is 7.87. The number of carbonyl (C=O) groups is 3. The quantitative estimate of drug-likeness (QED) is 0.0349. The number of thiazole rings is 3. The summed E-state index contributed by atoms with van der Waals surface area (Å²) in [6, 6.07) is 32.0. The first-order valence-electron chi connectivity index (χ1n) is 29.3. The van der Waals surface area contributed by atoms with Gasteiger partial charge in [0.15, 0.2) is 15.4 Å². The van der Waals surface area contributed by atoms with E-state index in [4.69, 9.17) is 12.5 Å². The fourth-order valence-electron chi connectivity index (χ4n) is 9.64. The van der Waals surface area contributed by atoms with Crippen molar-refractivity contribution in [2.45, 2.75) is 104 Å². The summed E-state index contributed by atoms with van der Waals surface area (Å²) in [4.78, 5) is 49.3. The normalized spacial score (nSPS) is 15.6. The highest BCUT2D eigenvalue weighted by Gasteiger charge is 2.32. The lowest BCUT2D eigenvalue weighted by molar-refractivity contribution is -0.120. The molecule has 6 aromatic carbocycles. The number of nitrogens with zero attached hydrogens (tertiary/aromatic N) is 3. The number of hydrogen-bond acceptors (Lipinski definition) is 22. The monoisotopic (exact) mass is 1350 g/mol. The Balaban J connectivity index is 0.000000141. The minimum Gasteiger partial charge on any atom is -0.389 e. The number of benzene rings is 6. The van der Waals surface area contributed by atoms with Crippen LogP contribution in [0.5, 0.6) is 17.2 Å². The lowest BCUT2D eigenvalue weighted by Gasteiger charge is -2.20. The SMILES string of the molecule is CC(C)(O)CNc1ccc(S(=O)(=O)Oc2ccc3nc(NC(=O)C4CCNCC4)sc3c2)cc1.O=C(Nc1nc2ccc(OS(=O)(=O)c3ccc(F)cc3)cc2s1)C1CC1.O=C(Nc1nc2ccc(OS(=O)(=O)c3ccc(NC4CCCC4)cc3)cc2s1)C1CC1. The molecule has 9 aromatic rings. The fraction of sp³-hybridized carbons (Fsp3) is 0.323. The molecule has 4 heterocycles. The molecule has 0 radical (unpaired) electrons. The number of nitrogens with one attached hydrogen (secondary N) is 6. The van der Waals surface area contributed by atoms with Gasteiger partial charge in [-0.15, -0.1) is 0 Å². The van der Waals surface area contributed by atoms with E-state index in [0.717, 1.165) is 99.1 Å². The maximum absolute atomic E-state index is 13.0. The standard InChI is InChI=1S/C23H28N4O5S2.C22H23N3O4S2.C17H13FN2O4S2/c1-23(2,29)14-25-16-3-6-18(7-4-16)34(30,31)32-17-5-8-19-20(13-17)33-22(26-19)27-21(28)15-9-11-24-12-10-15;26-21(14-5-6-14)25-22-24-19-12-9-17(13-20(19)30-22)29-31(27,28)18-10-7-16(8-11-18)23-15-3-1-2-4-15;18-11-3-6-13(7-4-11)26(22,23)24-12-5-8-14-15(9-12)25-17(19-14)20-16(21)10-1-2-10/h3-8,13,15,24-25,29H,9-12,14H2,1-2H3,(H,26,27,28);7-15,23H,1-6H2,(H,24,25,26);3-10H,1-2H2,(H,19,20,21). The van der Waals surface area contributed by atoms with Gasteiger partial charge in [-0.3, -0.25) is 14.4 Å². The summed E-state index contributed by atoms with van der Waals surface area (Å²) in [6.45, 7) is 5.33. The predicted molar refractivity (Wildman–Crippen MR) is 349 cm³/mol. The lowest BCUT2D eigenvalue weighted by Crippen LogP contribution is -2.34. The first-order chi connectivity index (χ1) is 43.5. The zero-order valence-corrected chi connectivity index (χ0v) is 54.0. The Morgan fingerprint density at radius 1 is 0.516 bits per heavy atom. The van der Waals surface area contributed by atoms with Crippen molar-refractivity contribution >= 4 is 140 Å². The van der Waals surface area contributed by atoms with E-state index in [-0.39, 0.29) is 67.4 Å². The molecule has 3 amide bonds. The summed E-state index contributed by atoms with van der Waals surface area (Å²) in [7, 11) is -12.1. The third kappa shape index (κ3) is 17.6. The van der Waals surface area contributed by atoms with Crippen LogP contribution in [0.25, 0.3) is 30.6 Å². The summed E-state index contributed by atoms with van der Waals surface area (Å²) in [5.41, 5.74) is 2.68. The Morgan fingerprint density at radius 3 is 1.23 bits per heavy atom. The van der Waals surface area contributed by atoms with Crippen molar-refractivity contribution in [1.29, 1.82) is 0 Å². The van der Waals surface area contributed by atoms with E-state index in [0.29, 0.717) is 59.6 Å². The minimum atomic E-state index is -4.07. The summed E-state index contributed by atoms with van der Waals surface area (Å²) in [5.74, 6) is -0.00240. The molecule has 3 aromatic heterocycles. The van der Waals surface area contributed by atoms with Crippen LogP contribution in [0.3, 0.4) is 0 Å². The molecule has 0 unspecified atom stereocenters. The average Bonchev–Trinajstić information content (AvgIpc) is 1.92. The maximum Gasteiger partial charge on any atom is 0.339 e. The first-order valence-corrected chi connectivity index (χ1v) is 36.0. The number of carbonyl (C=O) groups excluding carboxylic acids is 3. The Kier molecular flexibility index (Phi) is 19.5. The number of aliphatic hydroxyl groups is 1. The van der Waals surface area contributed by atoms with E-state index in [9.17, 15) is 49.1 Å². The number of rotatable bonds is 20. The number of hydrogen-bond donors (Lipinski definition) is 7. The Labute approximate surface area is 536 Å². The summed E-state index contributed by atoms with van der Waals surface area (Å²) in [5, 5.41) is 29.5. The van der Waals surface area contributed by atoms with Gasteiger partial charge < -0.3 is 49.6 Å². The highest BCUT2D eigenvalue weighted by atomic mass is 32.2. The second-order valence-corrected chi connectivity index (χ2v) is 30.6. The molecule has 0 spiro atoms. The summed E-state index contributed by atoms with van der Waals surface area (Å²) < 4.78 is 106. The van der Waals surface area contributed by atoms with Crippen molar-refractivity contribution in [2.24, 2.45) is 17.8 Å². The summed E-state index contributed by atoms with van der Waals surface area (Å²) >= 11 is 3.81. The van der Waals surface area contributed by atoms with Crippen LogP contribution in [-0.4, -0.2) is 94.3 Å². The Morgan fingerprint density at radius 2 is 0.868 bits per heavy atom. The number of fused-ring (bicyclic) bond motifs is 3. The molecule has 1 saturated heterocycles. The van der Waals surface area contributed by atoms with Gasteiger partial charge in [-0.05, 0) is 187 Å². The van der Waals surface area contributed by atoms with E-state index in [1.54, 1.807) is 92.7 Å². The van der Waals surface area contributed by atoms with E-state index in [1.165, 1.54) is 71.1 Å². The lowest BCUT2D eigenvalue weighted by atomic mass is 9.97. The van der Waals surface area contributed by atoms with Crippen LogP contribution in [0.2, 0.25) is 0 Å². The topological polar surface area (TPSA) is 312 Å². The fourth-order valence-corrected chi connectivity index (χ4v) is 15.1. The van der Waals surface area contributed by atoms with Crippen molar-refractivity contribution in [3.63, 3.8) is 0 Å². The number of amides is 3. The first kappa shape index (κ1) is 64.6. The zero-order chi connectivity index (χ0) is 64.1. The number of halogens is 1. The van der Waals surface area contributed by atoms with E-state index in [1.807, 2.05) is 0 Å². The molecule has 29 heteroatoms. The highest BCUT2D eigenvalue weighted by Crippen LogP contribution is 2.37. The Hall–Kier alpha value is -7.90. The van der Waals surface area contributed by atoms with Gasteiger partial charge in [0.05, 0.1) is 36.3 Å². The van der Waals surface area contributed by atoms with Crippen molar-refractivity contribution < 1.29 is 61.7 Å². The van der Waals surface area contributed by atoms with Crippen LogP contribution in [0, 0.1) is 23.6 Å². The van der Waals surface area contributed by atoms with Crippen molar-refractivity contribution in [1.82, 2.24) is 20.3 Å². The maximum atomic E-state index is 13.0. The molecule has 91 heavy (non-hydrogen) atoms. The van der Waals surface area contributed by atoms with Crippen LogP contribution >= 0.6 is 34.0 Å². The second kappa shape index (κ2) is 27.5. The number of piperidine rings is 1. The molecule has 1 aliphatic heterocycles. The number of anilines is 5. The van der Waals surface area contributed by atoms with Crippen LogP contribution in [0.15, 0.2) is 142 Å². The van der Waals surface area contributed by atoms with Gasteiger partial charge in [0, 0.05) is 59.9 Å². The summed E-state index contributed by atoms with van der Waals surface area (Å²) in [6.07, 6.45) is 9.99. The van der Waals surface area contributed by atoms with E-state index < -0.39 is 41.8 Å².